The Morgan fingerprint density at radius 1 is 1.29 bits per heavy atom. The molecule has 6 nitrogen and oxygen atoms in total. The summed E-state index contributed by atoms with van der Waals surface area (Å²) in [5, 5.41) is 8.67. The Hall–Kier alpha value is -1.85. The van der Waals surface area contributed by atoms with Crippen LogP contribution in [-0.4, -0.2) is 58.9 Å². The van der Waals surface area contributed by atoms with Crippen LogP contribution in [0.1, 0.15) is 13.3 Å². The molecular weight excluding hydrogens is 224 g/mol. The Bertz CT molecular complexity index is 364. The van der Waals surface area contributed by atoms with Gasteiger partial charge in [0.2, 0.25) is 0 Å². The van der Waals surface area contributed by atoms with E-state index in [1.54, 1.807) is 0 Å². The molecule has 0 radical (unpaired) electrons. The number of hydrogen-bond acceptors (Lipinski definition) is 3. The number of amides is 2. The number of aliphatic carboxylic acids is 1. The van der Waals surface area contributed by atoms with Gasteiger partial charge in [0.1, 0.15) is 0 Å². The third-order valence-electron chi connectivity index (χ3n) is 2.57. The van der Waals surface area contributed by atoms with E-state index in [-0.39, 0.29) is 12.1 Å². The molecule has 94 valence electrons. The summed E-state index contributed by atoms with van der Waals surface area (Å²) in [6.07, 6.45) is 0.793. The highest BCUT2D eigenvalue weighted by atomic mass is 16.4. The van der Waals surface area contributed by atoms with Crippen molar-refractivity contribution in [2.24, 2.45) is 0 Å². The van der Waals surface area contributed by atoms with Gasteiger partial charge in [0.05, 0.1) is 6.54 Å². The van der Waals surface area contributed by atoms with E-state index in [4.69, 9.17) is 5.11 Å². The molecule has 0 aliphatic carbocycles. The van der Waals surface area contributed by atoms with Gasteiger partial charge in [-0.15, -0.1) is 0 Å². The van der Waals surface area contributed by atoms with E-state index in [0.29, 0.717) is 19.6 Å². The first-order valence-electron chi connectivity index (χ1n) is 5.46. The Balaban J connectivity index is 2.63. The Morgan fingerprint density at radius 3 is 2.35 bits per heavy atom. The van der Waals surface area contributed by atoms with Gasteiger partial charge in [0.15, 0.2) is 0 Å². The van der Waals surface area contributed by atoms with Crippen LogP contribution in [0.4, 0.5) is 0 Å². The second-order valence-corrected chi connectivity index (χ2v) is 3.93. The van der Waals surface area contributed by atoms with Crippen molar-refractivity contribution in [2.45, 2.75) is 13.3 Å². The second kappa shape index (κ2) is 5.47. The van der Waals surface area contributed by atoms with Gasteiger partial charge in [-0.1, -0.05) is 13.5 Å². The summed E-state index contributed by atoms with van der Waals surface area (Å²) in [6.45, 7) is 6.54. The summed E-state index contributed by atoms with van der Waals surface area (Å²) in [5.41, 5.74) is -0.0879. The molecule has 1 fully saturated rings. The van der Waals surface area contributed by atoms with Crippen LogP contribution in [0.2, 0.25) is 0 Å². The molecule has 1 aliphatic heterocycles. The first-order valence-corrected chi connectivity index (χ1v) is 5.46. The lowest BCUT2D eigenvalue weighted by molar-refractivity contribution is -0.155. The zero-order valence-electron chi connectivity index (χ0n) is 9.81. The normalized spacial score (nSPS) is 16.3. The molecule has 6 heteroatoms. The molecule has 1 aliphatic rings. The molecule has 0 unspecified atom stereocenters. The van der Waals surface area contributed by atoms with Crippen molar-refractivity contribution in [2.75, 3.05) is 26.2 Å². The predicted molar refractivity (Wildman–Crippen MR) is 60.2 cm³/mol. The fourth-order valence-corrected chi connectivity index (χ4v) is 1.65. The van der Waals surface area contributed by atoms with Crippen molar-refractivity contribution in [1.29, 1.82) is 0 Å². The monoisotopic (exact) mass is 240 g/mol. The number of carboxylic acid groups (broad SMARTS) is 1. The van der Waals surface area contributed by atoms with E-state index < -0.39 is 17.8 Å². The third-order valence-corrected chi connectivity index (χ3v) is 2.57. The van der Waals surface area contributed by atoms with Gasteiger partial charge < -0.3 is 14.9 Å². The van der Waals surface area contributed by atoms with Crippen LogP contribution >= 0.6 is 0 Å². The molecule has 0 atom stereocenters. The summed E-state index contributed by atoms with van der Waals surface area (Å²) >= 11 is 0. The van der Waals surface area contributed by atoms with E-state index in [0.717, 1.165) is 6.42 Å². The van der Waals surface area contributed by atoms with E-state index in [2.05, 4.69) is 6.58 Å². The van der Waals surface area contributed by atoms with E-state index in [1.807, 2.05) is 6.92 Å². The summed E-state index contributed by atoms with van der Waals surface area (Å²) in [4.78, 5) is 36.6. The van der Waals surface area contributed by atoms with Crippen molar-refractivity contribution in [3.63, 3.8) is 0 Å². The van der Waals surface area contributed by atoms with Crippen LogP contribution < -0.4 is 0 Å². The summed E-state index contributed by atoms with van der Waals surface area (Å²) in [7, 11) is 0. The second-order valence-electron chi connectivity index (χ2n) is 3.93. The maximum Gasteiger partial charge on any atom is 0.332 e. The molecule has 0 spiro atoms. The largest absolute Gasteiger partial charge is 0.478 e. The minimum absolute atomic E-state index is 0.0879. The highest BCUT2D eigenvalue weighted by Gasteiger charge is 2.32. The van der Waals surface area contributed by atoms with Crippen LogP contribution in [0.3, 0.4) is 0 Å². The molecular formula is C11H16N2O4. The molecule has 17 heavy (non-hydrogen) atoms. The third kappa shape index (κ3) is 3.05. The SMILES string of the molecule is C=C(CN1CCN(CCC)C(=O)C1=O)C(=O)O. The van der Waals surface area contributed by atoms with Crippen molar-refractivity contribution in [1.82, 2.24) is 9.80 Å². The summed E-state index contributed by atoms with van der Waals surface area (Å²) < 4.78 is 0. The van der Waals surface area contributed by atoms with Gasteiger partial charge in [0.25, 0.3) is 0 Å². The highest BCUT2D eigenvalue weighted by molar-refractivity contribution is 6.35. The topological polar surface area (TPSA) is 77.9 Å². The standard InChI is InChI=1S/C11H16N2O4/c1-3-4-12-5-6-13(10(15)9(12)14)7-8(2)11(16)17/h2-7H2,1H3,(H,16,17). The number of carboxylic acids is 1. The zero-order chi connectivity index (χ0) is 13.0. The molecule has 0 aromatic rings. The van der Waals surface area contributed by atoms with Crippen molar-refractivity contribution < 1.29 is 19.5 Å². The van der Waals surface area contributed by atoms with Crippen LogP contribution in [0.15, 0.2) is 12.2 Å². The van der Waals surface area contributed by atoms with Gasteiger partial charge in [-0.3, -0.25) is 9.59 Å². The predicted octanol–water partition coefficient (Wildman–Crippen LogP) is -0.292. The Kier molecular flexibility index (Phi) is 4.25. The van der Waals surface area contributed by atoms with Gasteiger partial charge in [-0.05, 0) is 6.42 Å². The van der Waals surface area contributed by atoms with E-state index in [1.165, 1.54) is 9.80 Å². The average Bonchev–Trinajstić information content (AvgIpc) is 2.28. The van der Waals surface area contributed by atoms with Crippen LogP contribution in [-0.2, 0) is 14.4 Å². The first-order chi connectivity index (χ1) is 7.97. The molecule has 1 rings (SSSR count). The first kappa shape index (κ1) is 13.2. The molecule has 1 N–H and O–H groups in total. The molecule has 1 heterocycles. The molecule has 1 saturated heterocycles. The Labute approximate surface area is 99.5 Å². The number of nitrogens with zero attached hydrogens (tertiary/aromatic N) is 2. The summed E-state index contributed by atoms with van der Waals surface area (Å²) in [6, 6.07) is 0. The summed E-state index contributed by atoms with van der Waals surface area (Å²) in [5.74, 6) is -2.36. The van der Waals surface area contributed by atoms with Crippen LogP contribution in [0.25, 0.3) is 0 Å². The number of piperazine rings is 1. The smallest absolute Gasteiger partial charge is 0.332 e. The number of carbonyl (C=O) groups is 3. The van der Waals surface area contributed by atoms with Gasteiger partial charge in [-0.2, -0.15) is 0 Å². The number of rotatable bonds is 5. The molecule has 2 amide bonds. The van der Waals surface area contributed by atoms with Crippen molar-refractivity contribution in [3.8, 4) is 0 Å². The van der Waals surface area contributed by atoms with Crippen molar-refractivity contribution in [3.05, 3.63) is 12.2 Å². The lowest BCUT2D eigenvalue weighted by Crippen LogP contribution is -2.54. The average molecular weight is 240 g/mol. The quantitative estimate of drug-likeness (QED) is 0.529. The maximum atomic E-state index is 11.7. The molecule has 0 aromatic carbocycles. The zero-order valence-corrected chi connectivity index (χ0v) is 9.81. The lowest BCUT2D eigenvalue weighted by Gasteiger charge is -2.33. The highest BCUT2D eigenvalue weighted by Crippen LogP contribution is 2.08. The van der Waals surface area contributed by atoms with Crippen molar-refractivity contribution >= 4 is 17.8 Å². The van der Waals surface area contributed by atoms with Gasteiger partial charge in [-0.25, -0.2) is 4.79 Å². The molecule has 0 saturated carbocycles. The molecule has 0 aromatic heterocycles. The number of carbonyl (C=O) groups excluding carboxylic acids is 2. The fourth-order valence-electron chi connectivity index (χ4n) is 1.65. The van der Waals surface area contributed by atoms with Gasteiger partial charge in [0, 0.05) is 25.2 Å². The van der Waals surface area contributed by atoms with Gasteiger partial charge >= 0.3 is 17.8 Å². The minimum Gasteiger partial charge on any atom is -0.478 e. The lowest BCUT2D eigenvalue weighted by atomic mass is 10.2. The minimum atomic E-state index is -1.15. The van der Waals surface area contributed by atoms with Crippen LogP contribution in [0, 0.1) is 0 Å². The number of hydrogen-bond donors (Lipinski definition) is 1. The fraction of sp³-hybridized carbons (Fsp3) is 0.545. The van der Waals surface area contributed by atoms with E-state index >= 15 is 0 Å². The van der Waals surface area contributed by atoms with Crippen LogP contribution in [0.5, 0.6) is 0 Å². The molecule has 0 bridgehead atoms. The maximum absolute atomic E-state index is 11.7. The van der Waals surface area contributed by atoms with E-state index in [9.17, 15) is 14.4 Å². The Morgan fingerprint density at radius 2 is 1.82 bits per heavy atom.